The van der Waals surface area contributed by atoms with Crippen LogP contribution in [-0.4, -0.2) is 72.4 Å². The zero-order valence-corrected chi connectivity index (χ0v) is 76.8. The number of benzene rings is 16. The topological polar surface area (TPSA) is 296 Å². The fraction of sp³-hybridized carbons (Fsp3) is 0.0932. The standard InChI is InChI=1S/C118H87BN2O22/c122-108(133-66-77-34-12-1-13-35-77)88-56-103-107-104(57-88)121(90-60-97(115(129)140-73-84-48-26-8-27-49-84)106(118(132)143-76-87-54-32-11-33-55-87)98(61-90)116(130)141-74-85-50-28-9-29-51-85)102-65-94(112(126)137-70-81-42-20-5-21-43-81)92(110(124)135-68-79-38-16-3-17-39-79)63-100(102)119(107)99-62-91(109(123)134-67-78-36-14-2-15-37-78)93(111(125)136-69-80-40-18-4-19-41-80)64-101(99)120(103)89-58-95(113(127)138-71-82-44-22-6-23-45-82)105(117(131)142-75-86-52-30-10-31-53-86)96(59-89)114(128)139-72-83-46-24-7-25-47-83/h1-65H,66-76H2. The van der Waals surface area contributed by atoms with Gasteiger partial charge in [0.05, 0.1) is 61.2 Å². The molecule has 0 spiro atoms. The number of rotatable bonds is 35. The third kappa shape index (κ3) is 22.5. The number of nitrogens with zero attached hydrogens (tertiary/aromatic N) is 2. The number of esters is 11. The molecule has 16 aromatic carbocycles. The smallest absolute Gasteiger partial charge is 0.340 e. The lowest BCUT2D eigenvalue weighted by Gasteiger charge is -2.45. The average molecular weight is 1900 g/mol. The van der Waals surface area contributed by atoms with E-state index in [4.69, 9.17) is 52.1 Å². The SMILES string of the molecule is O=C(OCc1ccccc1)c1cc2c3c(c1)N(c1cc(C(=O)OCc4ccccc4)c(C(=O)OCc4ccccc4)c(C(=O)OCc4ccccc4)c1)c1cc(C(=O)OCc4ccccc4)c(C(=O)OCc4ccccc4)cc1B3c1cc(C(=O)OCc3ccccc3)c(C(=O)OCc3ccccc3)cc1N2c1cc(C(=O)OCc2ccccc2)c(C(=O)OCc2ccccc2)c(C(=O)OCc2ccccc2)c1. The van der Waals surface area contributed by atoms with Crippen molar-refractivity contribution >= 4 is 123 Å². The van der Waals surface area contributed by atoms with Gasteiger partial charge in [0.1, 0.15) is 72.7 Å². The molecule has 143 heavy (non-hydrogen) atoms. The maximum atomic E-state index is 16.3. The van der Waals surface area contributed by atoms with Crippen LogP contribution in [0.3, 0.4) is 0 Å². The number of hydrogen-bond donors (Lipinski definition) is 0. The van der Waals surface area contributed by atoms with Gasteiger partial charge in [-0.1, -0.05) is 334 Å². The first-order valence-corrected chi connectivity index (χ1v) is 45.8. The summed E-state index contributed by atoms with van der Waals surface area (Å²) in [6.45, 7) is -5.85. The van der Waals surface area contributed by atoms with Crippen molar-refractivity contribution in [2.75, 3.05) is 9.80 Å². The lowest BCUT2D eigenvalue weighted by Crippen LogP contribution is -2.62. The highest BCUT2D eigenvalue weighted by Crippen LogP contribution is 2.49. The Kier molecular flexibility index (Phi) is 29.6. The predicted octanol–water partition coefficient (Wildman–Crippen LogP) is 20.7. The summed E-state index contributed by atoms with van der Waals surface area (Å²) in [6, 6.07) is 108. The molecule has 24 nitrogen and oxygen atoms in total. The third-order valence-electron chi connectivity index (χ3n) is 23.9. The summed E-state index contributed by atoms with van der Waals surface area (Å²) in [6.07, 6.45) is 0. The van der Waals surface area contributed by atoms with Crippen LogP contribution in [0.4, 0.5) is 34.1 Å². The zero-order valence-electron chi connectivity index (χ0n) is 76.8. The van der Waals surface area contributed by atoms with Crippen LogP contribution in [0.15, 0.2) is 394 Å². The molecule has 2 aliphatic rings. The van der Waals surface area contributed by atoms with Gasteiger partial charge in [-0.25, -0.2) is 52.7 Å². The van der Waals surface area contributed by atoms with Crippen molar-refractivity contribution in [2.24, 2.45) is 0 Å². The van der Waals surface area contributed by atoms with Crippen molar-refractivity contribution < 1.29 is 105 Å². The molecule has 16 aromatic rings. The lowest BCUT2D eigenvalue weighted by atomic mass is 9.33. The minimum atomic E-state index is -1.56. The third-order valence-corrected chi connectivity index (χ3v) is 23.9. The molecule has 2 heterocycles. The van der Waals surface area contributed by atoms with Gasteiger partial charge in [0.15, 0.2) is 0 Å². The molecular weight excluding hydrogens is 1810 g/mol. The summed E-state index contributed by atoms with van der Waals surface area (Å²) in [4.78, 5) is 180. The van der Waals surface area contributed by atoms with E-state index in [9.17, 15) is 0 Å². The van der Waals surface area contributed by atoms with Gasteiger partial charge in [0, 0.05) is 34.1 Å². The second kappa shape index (κ2) is 44.7. The Bertz CT molecular complexity index is 6860. The second-order valence-electron chi connectivity index (χ2n) is 33.5. The summed E-state index contributed by atoms with van der Waals surface area (Å²) in [7, 11) is 0. The van der Waals surface area contributed by atoms with Crippen molar-refractivity contribution in [1.82, 2.24) is 0 Å². The highest BCUT2D eigenvalue weighted by atomic mass is 16.6. The second-order valence-corrected chi connectivity index (χ2v) is 33.5. The van der Waals surface area contributed by atoms with E-state index in [0.717, 1.165) is 0 Å². The molecular formula is C118H87BN2O22. The van der Waals surface area contributed by atoms with E-state index < -0.39 is 168 Å². The summed E-state index contributed by atoms with van der Waals surface area (Å²) < 4.78 is 68.9. The fourth-order valence-corrected chi connectivity index (χ4v) is 16.8. The predicted molar refractivity (Wildman–Crippen MR) is 532 cm³/mol. The van der Waals surface area contributed by atoms with Crippen LogP contribution in [0.2, 0.25) is 0 Å². The number of fused-ring (bicyclic) bond motifs is 4. The van der Waals surface area contributed by atoms with E-state index in [1.165, 1.54) is 70.5 Å². The van der Waals surface area contributed by atoms with Gasteiger partial charge in [-0.3, -0.25) is 0 Å². The minimum Gasteiger partial charge on any atom is -0.457 e. The first-order chi connectivity index (χ1) is 70.0. The quantitative estimate of drug-likeness (QED) is 0.0202. The average Bonchev–Trinajstić information content (AvgIpc) is 0.686. The van der Waals surface area contributed by atoms with E-state index in [-0.39, 0.29) is 89.1 Å². The summed E-state index contributed by atoms with van der Waals surface area (Å²) >= 11 is 0. The molecule has 0 bridgehead atoms. The number of anilines is 6. The number of carbonyl (C=O) groups is 11. The molecule has 0 aromatic heterocycles. The Morgan fingerprint density at radius 3 is 0.538 bits per heavy atom. The van der Waals surface area contributed by atoms with Gasteiger partial charge in [0.25, 0.3) is 6.71 Å². The maximum Gasteiger partial charge on any atom is 0.340 e. The highest BCUT2D eigenvalue weighted by Gasteiger charge is 2.48. The Morgan fingerprint density at radius 2 is 0.343 bits per heavy atom. The molecule has 0 fully saturated rings. The Balaban J connectivity index is 0.976. The molecule has 0 atom stereocenters. The molecule has 0 aliphatic carbocycles. The first-order valence-electron chi connectivity index (χ1n) is 45.8. The Labute approximate surface area is 822 Å². The van der Waals surface area contributed by atoms with Crippen molar-refractivity contribution in [2.45, 2.75) is 72.7 Å². The zero-order chi connectivity index (χ0) is 98.5. The highest BCUT2D eigenvalue weighted by molar-refractivity contribution is 7.00. The van der Waals surface area contributed by atoms with E-state index in [0.29, 0.717) is 61.2 Å². The number of carbonyl (C=O) groups excluding carboxylic acids is 11. The molecule has 0 N–H and O–H groups in total. The molecule has 0 unspecified atom stereocenters. The molecule has 18 rings (SSSR count). The summed E-state index contributed by atoms with van der Waals surface area (Å²) in [5.74, 6) is -12.7. The minimum absolute atomic E-state index is 0.00652. The first kappa shape index (κ1) is 94.7. The molecule has 2 aliphatic heterocycles. The number of hydrogen-bond acceptors (Lipinski definition) is 24. The van der Waals surface area contributed by atoms with Crippen LogP contribution < -0.4 is 26.2 Å². The van der Waals surface area contributed by atoms with Crippen LogP contribution in [0.25, 0.3) is 0 Å². The van der Waals surface area contributed by atoms with Gasteiger partial charge >= 0.3 is 65.7 Å². The fourth-order valence-electron chi connectivity index (χ4n) is 16.8. The Hall–Kier alpha value is -18.6. The van der Waals surface area contributed by atoms with Crippen molar-refractivity contribution in [1.29, 1.82) is 0 Å². The van der Waals surface area contributed by atoms with Crippen molar-refractivity contribution in [3.05, 3.63) is 517 Å². The molecule has 25 heteroatoms. The van der Waals surface area contributed by atoms with Crippen LogP contribution >= 0.6 is 0 Å². The number of ether oxygens (including phenoxy) is 11. The van der Waals surface area contributed by atoms with Crippen LogP contribution in [0.5, 0.6) is 0 Å². The Morgan fingerprint density at radius 1 is 0.175 bits per heavy atom. The lowest BCUT2D eigenvalue weighted by molar-refractivity contribution is 0.0404. The van der Waals surface area contributed by atoms with Crippen LogP contribution in [-0.2, 0) is 125 Å². The van der Waals surface area contributed by atoms with Crippen LogP contribution in [0, 0.1) is 0 Å². The maximum absolute atomic E-state index is 16.3. The van der Waals surface area contributed by atoms with E-state index in [1.54, 1.807) is 334 Å². The van der Waals surface area contributed by atoms with Gasteiger partial charge in [-0.2, -0.15) is 0 Å². The summed E-state index contributed by atoms with van der Waals surface area (Å²) in [5, 5.41) is 0. The molecule has 0 saturated heterocycles. The van der Waals surface area contributed by atoms with Gasteiger partial charge in [0.2, 0.25) is 0 Å². The molecule has 0 amide bonds. The van der Waals surface area contributed by atoms with Crippen molar-refractivity contribution in [3.8, 4) is 0 Å². The van der Waals surface area contributed by atoms with Gasteiger partial charge in [-0.15, -0.1) is 0 Å². The van der Waals surface area contributed by atoms with Crippen molar-refractivity contribution in [3.63, 3.8) is 0 Å². The normalized spacial score (nSPS) is 11.4. The van der Waals surface area contributed by atoms with E-state index in [2.05, 4.69) is 0 Å². The molecule has 0 saturated carbocycles. The van der Waals surface area contributed by atoms with Gasteiger partial charge in [-0.05, 0) is 138 Å². The molecule has 0 radical (unpaired) electrons. The van der Waals surface area contributed by atoms with Crippen LogP contribution in [0.1, 0.15) is 175 Å². The van der Waals surface area contributed by atoms with E-state index >= 15 is 52.7 Å². The van der Waals surface area contributed by atoms with Gasteiger partial charge < -0.3 is 61.9 Å². The monoisotopic (exact) mass is 1890 g/mol. The largest absolute Gasteiger partial charge is 0.457 e. The summed E-state index contributed by atoms with van der Waals surface area (Å²) in [5.41, 5.74) is -1.26. The van der Waals surface area contributed by atoms with E-state index in [1.807, 2.05) is 0 Å². The molecule has 704 valence electrons.